The standard InChI is InChI=1S/C6H10F2N2OS/c1-3(5(9)12)6(11)10-2-4(7)8/h3-4H,2H2,1H3,(H2,9,12)(H,10,11). The fourth-order valence-electron chi connectivity index (χ4n) is 0.460. The predicted molar refractivity (Wildman–Crippen MR) is 45.0 cm³/mol. The van der Waals surface area contributed by atoms with Crippen molar-refractivity contribution in [2.45, 2.75) is 13.3 Å². The minimum atomic E-state index is -2.55. The van der Waals surface area contributed by atoms with Gasteiger partial charge in [-0.2, -0.15) is 0 Å². The molecule has 1 unspecified atom stereocenters. The molecule has 0 aromatic rings. The minimum absolute atomic E-state index is 0.00164. The topological polar surface area (TPSA) is 55.1 Å². The summed E-state index contributed by atoms with van der Waals surface area (Å²) in [6.45, 7) is 0.801. The maximum Gasteiger partial charge on any atom is 0.255 e. The summed E-state index contributed by atoms with van der Waals surface area (Å²) in [7, 11) is 0. The van der Waals surface area contributed by atoms with Gasteiger partial charge in [-0.05, 0) is 6.92 Å². The Morgan fingerprint density at radius 3 is 2.50 bits per heavy atom. The maximum absolute atomic E-state index is 11.6. The number of halogens is 2. The molecule has 0 fully saturated rings. The van der Waals surface area contributed by atoms with Crippen LogP contribution in [-0.4, -0.2) is 23.9 Å². The van der Waals surface area contributed by atoms with Crippen LogP contribution in [0.2, 0.25) is 0 Å². The van der Waals surface area contributed by atoms with Crippen molar-refractivity contribution in [1.29, 1.82) is 0 Å². The second-order valence-electron chi connectivity index (χ2n) is 2.26. The number of thiocarbonyl (C=S) groups is 1. The number of hydrogen-bond acceptors (Lipinski definition) is 2. The molecule has 0 aromatic heterocycles. The number of carbonyl (C=O) groups is 1. The molecule has 3 N–H and O–H groups in total. The van der Waals surface area contributed by atoms with Crippen molar-refractivity contribution >= 4 is 23.1 Å². The number of hydrogen-bond donors (Lipinski definition) is 2. The van der Waals surface area contributed by atoms with Crippen LogP contribution in [-0.2, 0) is 4.79 Å². The highest BCUT2D eigenvalue weighted by Gasteiger charge is 2.16. The van der Waals surface area contributed by atoms with Gasteiger partial charge in [0.05, 0.1) is 17.5 Å². The number of amides is 1. The summed E-state index contributed by atoms with van der Waals surface area (Å²) in [6, 6.07) is 0. The molecule has 0 saturated heterocycles. The van der Waals surface area contributed by atoms with Crippen molar-refractivity contribution in [2.24, 2.45) is 11.7 Å². The van der Waals surface area contributed by atoms with E-state index in [0.29, 0.717) is 0 Å². The molecule has 0 spiro atoms. The van der Waals surface area contributed by atoms with Gasteiger partial charge in [0.1, 0.15) is 0 Å². The third-order valence-electron chi connectivity index (χ3n) is 1.25. The molecule has 3 nitrogen and oxygen atoms in total. The van der Waals surface area contributed by atoms with E-state index in [-0.39, 0.29) is 4.99 Å². The van der Waals surface area contributed by atoms with Crippen LogP contribution in [0.15, 0.2) is 0 Å². The Morgan fingerprint density at radius 1 is 1.67 bits per heavy atom. The molecule has 0 bridgehead atoms. The smallest absolute Gasteiger partial charge is 0.255 e. The van der Waals surface area contributed by atoms with E-state index in [4.69, 9.17) is 5.73 Å². The van der Waals surface area contributed by atoms with Crippen molar-refractivity contribution in [3.05, 3.63) is 0 Å². The van der Waals surface area contributed by atoms with E-state index in [9.17, 15) is 13.6 Å². The largest absolute Gasteiger partial charge is 0.393 e. The zero-order valence-corrected chi connectivity index (χ0v) is 7.33. The van der Waals surface area contributed by atoms with Crippen molar-refractivity contribution in [3.63, 3.8) is 0 Å². The number of carbonyl (C=O) groups excluding carboxylic acids is 1. The lowest BCUT2D eigenvalue weighted by Crippen LogP contribution is -2.38. The highest BCUT2D eigenvalue weighted by atomic mass is 32.1. The third-order valence-corrected chi connectivity index (χ3v) is 1.60. The highest BCUT2D eigenvalue weighted by molar-refractivity contribution is 7.80. The van der Waals surface area contributed by atoms with Crippen LogP contribution in [0, 0.1) is 5.92 Å². The van der Waals surface area contributed by atoms with E-state index in [1.54, 1.807) is 0 Å². The fourth-order valence-corrected chi connectivity index (χ4v) is 0.567. The summed E-state index contributed by atoms with van der Waals surface area (Å²) in [6.07, 6.45) is -2.55. The van der Waals surface area contributed by atoms with Crippen LogP contribution >= 0.6 is 12.2 Å². The minimum Gasteiger partial charge on any atom is -0.393 e. The molecule has 1 amide bonds. The Labute approximate surface area is 74.3 Å². The molecule has 70 valence electrons. The Bertz CT molecular complexity index is 186. The lowest BCUT2D eigenvalue weighted by Gasteiger charge is -2.09. The molecule has 0 aliphatic heterocycles. The Hall–Kier alpha value is -0.780. The van der Waals surface area contributed by atoms with E-state index < -0.39 is 24.8 Å². The number of rotatable bonds is 4. The van der Waals surface area contributed by atoms with Crippen molar-refractivity contribution in [3.8, 4) is 0 Å². The van der Waals surface area contributed by atoms with Crippen LogP contribution in [0.3, 0.4) is 0 Å². The van der Waals surface area contributed by atoms with Crippen LogP contribution in [0.25, 0.3) is 0 Å². The molecule has 6 heteroatoms. The molecule has 0 aliphatic rings. The zero-order valence-electron chi connectivity index (χ0n) is 6.51. The third kappa shape index (κ3) is 4.17. The average molecular weight is 196 g/mol. The maximum atomic E-state index is 11.6. The molecule has 0 rings (SSSR count). The molecule has 0 saturated carbocycles. The van der Waals surface area contributed by atoms with Gasteiger partial charge in [0, 0.05) is 0 Å². The van der Waals surface area contributed by atoms with Gasteiger partial charge in [0.2, 0.25) is 5.91 Å². The normalized spacial score (nSPS) is 12.7. The summed E-state index contributed by atoms with van der Waals surface area (Å²) in [5.74, 6) is -1.26. The lowest BCUT2D eigenvalue weighted by atomic mass is 10.2. The molecule has 1 atom stereocenters. The first-order valence-electron chi connectivity index (χ1n) is 3.30. The Balaban J connectivity index is 3.80. The molecular weight excluding hydrogens is 186 g/mol. The zero-order chi connectivity index (χ0) is 9.72. The number of nitrogens with one attached hydrogen (secondary N) is 1. The average Bonchev–Trinajstić information content (AvgIpc) is 1.98. The molecule has 0 heterocycles. The lowest BCUT2D eigenvalue weighted by molar-refractivity contribution is -0.123. The second kappa shape index (κ2) is 4.97. The van der Waals surface area contributed by atoms with Gasteiger partial charge in [0.25, 0.3) is 6.43 Å². The molecule has 12 heavy (non-hydrogen) atoms. The van der Waals surface area contributed by atoms with Crippen LogP contribution < -0.4 is 11.1 Å². The van der Waals surface area contributed by atoms with Gasteiger partial charge in [-0.25, -0.2) is 8.78 Å². The van der Waals surface area contributed by atoms with E-state index in [0.717, 1.165) is 0 Å². The summed E-state index contributed by atoms with van der Waals surface area (Å²) in [5.41, 5.74) is 5.13. The van der Waals surface area contributed by atoms with Gasteiger partial charge >= 0.3 is 0 Å². The van der Waals surface area contributed by atoms with E-state index in [1.807, 2.05) is 5.32 Å². The van der Waals surface area contributed by atoms with Crippen molar-refractivity contribution in [1.82, 2.24) is 5.32 Å². The SMILES string of the molecule is CC(C(=O)NCC(F)F)C(N)=S. The first-order chi connectivity index (χ1) is 5.45. The summed E-state index contributed by atoms with van der Waals surface area (Å²) in [4.78, 5) is 10.9. The summed E-state index contributed by atoms with van der Waals surface area (Å²) >= 11 is 4.50. The summed E-state index contributed by atoms with van der Waals surface area (Å²) < 4.78 is 23.2. The fraction of sp³-hybridized carbons (Fsp3) is 0.667. The van der Waals surface area contributed by atoms with Gasteiger partial charge < -0.3 is 11.1 Å². The van der Waals surface area contributed by atoms with E-state index in [2.05, 4.69) is 12.2 Å². The van der Waals surface area contributed by atoms with Crippen molar-refractivity contribution < 1.29 is 13.6 Å². The number of alkyl halides is 2. The quantitative estimate of drug-likeness (QED) is 0.635. The monoisotopic (exact) mass is 196 g/mol. The molecular formula is C6H10F2N2OS. The molecule has 0 aromatic carbocycles. The van der Waals surface area contributed by atoms with Crippen LogP contribution in [0.5, 0.6) is 0 Å². The van der Waals surface area contributed by atoms with Gasteiger partial charge in [-0.1, -0.05) is 12.2 Å². The van der Waals surface area contributed by atoms with Crippen LogP contribution in [0.1, 0.15) is 6.92 Å². The highest BCUT2D eigenvalue weighted by Crippen LogP contribution is 1.96. The van der Waals surface area contributed by atoms with E-state index >= 15 is 0 Å². The summed E-state index contributed by atoms with van der Waals surface area (Å²) in [5, 5.41) is 2.01. The Kier molecular flexibility index (Phi) is 4.65. The van der Waals surface area contributed by atoms with Gasteiger partial charge in [-0.15, -0.1) is 0 Å². The van der Waals surface area contributed by atoms with E-state index in [1.165, 1.54) is 6.92 Å². The van der Waals surface area contributed by atoms with Crippen LogP contribution in [0.4, 0.5) is 8.78 Å². The predicted octanol–water partition coefficient (Wildman–Crippen LogP) is 0.290. The first-order valence-corrected chi connectivity index (χ1v) is 3.71. The Morgan fingerprint density at radius 2 is 2.17 bits per heavy atom. The number of nitrogens with two attached hydrogens (primary N) is 1. The van der Waals surface area contributed by atoms with Gasteiger partial charge in [-0.3, -0.25) is 4.79 Å². The molecule has 0 radical (unpaired) electrons. The van der Waals surface area contributed by atoms with Crippen molar-refractivity contribution in [2.75, 3.05) is 6.54 Å². The first kappa shape index (κ1) is 11.2. The second-order valence-corrected chi connectivity index (χ2v) is 2.73. The molecule has 0 aliphatic carbocycles. The van der Waals surface area contributed by atoms with Gasteiger partial charge in [0.15, 0.2) is 0 Å².